The third-order valence-electron chi connectivity index (χ3n) is 3.04. The smallest absolute Gasteiger partial charge is 0.257 e. The van der Waals surface area contributed by atoms with Gasteiger partial charge in [-0.25, -0.2) is 0 Å². The van der Waals surface area contributed by atoms with Crippen LogP contribution in [0.5, 0.6) is 0 Å². The topological polar surface area (TPSA) is 52.6 Å². The number of aliphatic hydroxyl groups is 1. The third-order valence-corrected chi connectivity index (χ3v) is 3.68. The molecule has 1 aliphatic heterocycles. The van der Waals surface area contributed by atoms with Gasteiger partial charge in [0.05, 0.1) is 5.69 Å². The lowest BCUT2D eigenvalue weighted by Crippen LogP contribution is -2.29. The molecule has 1 heterocycles. The second kappa shape index (κ2) is 4.80. The van der Waals surface area contributed by atoms with Crippen LogP contribution >= 0.6 is 15.9 Å². The first-order chi connectivity index (χ1) is 8.69. The summed E-state index contributed by atoms with van der Waals surface area (Å²) in [7, 11) is 2.02. The van der Waals surface area contributed by atoms with E-state index in [1.165, 1.54) is 0 Å². The van der Waals surface area contributed by atoms with Crippen molar-refractivity contribution in [2.75, 3.05) is 23.8 Å². The zero-order chi connectivity index (χ0) is 14.4. The van der Waals surface area contributed by atoms with Crippen LogP contribution in [0.4, 0.5) is 11.4 Å². The van der Waals surface area contributed by atoms with Gasteiger partial charge in [-0.2, -0.15) is 0 Å². The number of nitrogens with one attached hydrogen (secondary N) is 1. The maximum absolute atomic E-state index is 11.5. The van der Waals surface area contributed by atoms with Crippen molar-refractivity contribution in [1.82, 2.24) is 0 Å². The number of hydrogen-bond acceptors (Lipinski definition) is 3. The van der Waals surface area contributed by atoms with Crippen molar-refractivity contribution in [3.63, 3.8) is 0 Å². The van der Waals surface area contributed by atoms with Crippen molar-refractivity contribution >= 4 is 33.2 Å². The molecular weight excluding hydrogens is 308 g/mol. The van der Waals surface area contributed by atoms with Crippen molar-refractivity contribution in [3.05, 3.63) is 22.2 Å². The molecule has 1 unspecified atom stereocenters. The van der Waals surface area contributed by atoms with Gasteiger partial charge in [0.2, 0.25) is 0 Å². The lowest BCUT2D eigenvalue weighted by molar-refractivity contribution is -0.123. The molecule has 0 saturated heterocycles. The molecule has 5 heteroatoms. The fourth-order valence-corrected chi connectivity index (χ4v) is 3.01. The molecule has 1 aliphatic rings. The van der Waals surface area contributed by atoms with E-state index in [0.717, 1.165) is 16.7 Å². The lowest BCUT2D eigenvalue weighted by atomic mass is 9.96. The molecule has 0 bridgehead atoms. The Morgan fingerprint density at radius 2 is 2.05 bits per heavy atom. The second-order valence-corrected chi connectivity index (χ2v) is 7.05. The third kappa shape index (κ3) is 2.92. The van der Waals surface area contributed by atoms with Gasteiger partial charge in [0.1, 0.15) is 0 Å². The van der Waals surface area contributed by atoms with Crippen LogP contribution in [0, 0.1) is 5.41 Å². The molecule has 4 nitrogen and oxygen atoms in total. The summed E-state index contributed by atoms with van der Waals surface area (Å²) in [5, 5.41) is 12.4. The summed E-state index contributed by atoms with van der Waals surface area (Å²) in [5.74, 6) is -0.363. The maximum Gasteiger partial charge on any atom is 0.257 e. The molecule has 1 aromatic rings. The number of hydrogen-bond donors (Lipinski definition) is 2. The van der Waals surface area contributed by atoms with E-state index in [1.807, 2.05) is 19.2 Å². The van der Waals surface area contributed by atoms with Crippen LogP contribution in [0.15, 0.2) is 16.6 Å². The minimum Gasteiger partial charge on any atom is -0.378 e. The molecule has 0 aromatic heterocycles. The van der Waals surface area contributed by atoms with E-state index < -0.39 is 6.10 Å². The highest BCUT2D eigenvalue weighted by Gasteiger charge is 2.30. The zero-order valence-electron chi connectivity index (χ0n) is 11.6. The molecule has 0 saturated carbocycles. The molecular formula is C14H19BrN2O2. The highest BCUT2D eigenvalue weighted by Crippen LogP contribution is 2.39. The number of aliphatic hydroxyl groups excluding tert-OH is 1. The number of amides is 1. The monoisotopic (exact) mass is 326 g/mol. The first-order valence-electron chi connectivity index (χ1n) is 6.22. The van der Waals surface area contributed by atoms with Crippen LogP contribution in [0.1, 0.15) is 32.4 Å². The highest BCUT2D eigenvalue weighted by molar-refractivity contribution is 9.10. The Morgan fingerprint density at radius 1 is 1.42 bits per heavy atom. The predicted octanol–water partition coefficient (Wildman–Crippen LogP) is 2.92. The minimum absolute atomic E-state index is 0.177. The van der Waals surface area contributed by atoms with Gasteiger partial charge in [-0.1, -0.05) is 20.8 Å². The number of carbonyl (C=O) groups is 1. The Labute approximate surface area is 121 Å². The van der Waals surface area contributed by atoms with Gasteiger partial charge in [-0.3, -0.25) is 4.79 Å². The summed E-state index contributed by atoms with van der Waals surface area (Å²) < 4.78 is 0.883. The number of anilines is 2. The van der Waals surface area contributed by atoms with Crippen molar-refractivity contribution < 1.29 is 9.90 Å². The normalized spacial score (nSPS) is 18.2. The molecule has 0 spiro atoms. The molecule has 2 N–H and O–H groups in total. The molecule has 0 fully saturated rings. The largest absolute Gasteiger partial charge is 0.378 e. The van der Waals surface area contributed by atoms with Gasteiger partial charge < -0.3 is 15.3 Å². The van der Waals surface area contributed by atoms with Crippen LogP contribution in [0.3, 0.4) is 0 Å². The average molecular weight is 327 g/mol. The quantitative estimate of drug-likeness (QED) is 0.878. The van der Waals surface area contributed by atoms with E-state index >= 15 is 0 Å². The summed E-state index contributed by atoms with van der Waals surface area (Å²) in [4.78, 5) is 13.6. The summed E-state index contributed by atoms with van der Waals surface area (Å²) in [6.45, 7) is 7.42. The fourth-order valence-electron chi connectivity index (χ4n) is 2.34. The minimum atomic E-state index is -1.06. The van der Waals surface area contributed by atoms with Crippen LogP contribution in [-0.2, 0) is 4.79 Å². The first kappa shape index (κ1) is 14.3. The Kier molecular flexibility index (Phi) is 3.62. The number of carbonyl (C=O) groups excluding carboxylic acids is 1. The van der Waals surface area contributed by atoms with Crippen molar-refractivity contribution in [3.8, 4) is 0 Å². The van der Waals surface area contributed by atoms with E-state index in [0.29, 0.717) is 11.3 Å². The molecule has 104 valence electrons. The summed E-state index contributed by atoms with van der Waals surface area (Å²) >= 11 is 3.51. The van der Waals surface area contributed by atoms with E-state index in [9.17, 15) is 9.90 Å². The lowest BCUT2D eigenvalue weighted by Gasteiger charge is -2.29. The predicted molar refractivity (Wildman–Crippen MR) is 80.5 cm³/mol. The van der Waals surface area contributed by atoms with E-state index in [4.69, 9.17) is 0 Å². The number of benzene rings is 1. The summed E-state index contributed by atoms with van der Waals surface area (Å²) in [6.07, 6.45) is -1.06. The van der Waals surface area contributed by atoms with Gasteiger partial charge in [0, 0.05) is 29.3 Å². The van der Waals surface area contributed by atoms with Gasteiger partial charge in [0.15, 0.2) is 6.10 Å². The Bertz CT molecular complexity index is 523. The van der Waals surface area contributed by atoms with Gasteiger partial charge >= 0.3 is 0 Å². The van der Waals surface area contributed by atoms with Crippen LogP contribution in [0.25, 0.3) is 0 Å². The van der Waals surface area contributed by atoms with E-state index in [1.54, 1.807) is 0 Å². The van der Waals surface area contributed by atoms with Gasteiger partial charge in [-0.15, -0.1) is 0 Å². The van der Waals surface area contributed by atoms with Crippen molar-refractivity contribution in [2.24, 2.45) is 5.41 Å². The molecule has 1 amide bonds. The summed E-state index contributed by atoms with van der Waals surface area (Å²) in [5.41, 5.74) is 2.50. The number of rotatable bonds is 2. The number of fused-ring (bicyclic) bond motifs is 1. The molecule has 1 aromatic carbocycles. The molecule has 2 rings (SSSR count). The van der Waals surface area contributed by atoms with Crippen LogP contribution < -0.4 is 10.2 Å². The first-order valence-corrected chi connectivity index (χ1v) is 7.02. The molecule has 0 radical (unpaired) electrons. The number of nitrogens with zero attached hydrogens (tertiary/aromatic N) is 1. The van der Waals surface area contributed by atoms with Crippen LogP contribution in [-0.4, -0.2) is 24.6 Å². The Hall–Kier alpha value is -1.07. The zero-order valence-corrected chi connectivity index (χ0v) is 13.2. The van der Waals surface area contributed by atoms with Gasteiger partial charge in [0.25, 0.3) is 5.91 Å². The van der Waals surface area contributed by atoms with Crippen molar-refractivity contribution in [1.29, 1.82) is 0 Å². The summed E-state index contributed by atoms with van der Waals surface area (Å²) in [6, 6.07) is 3.71. The fraction of sp³-hybridized carbons (Fsp3) is 0.500. The number of halogens is 1. The highest BCUT2D eigenvalue weighted by atomic mass is 79.9. The van der Waals surface area contributed by atoms with Crippen molar-refractivity contribution in [2.45, 2.75) is 26.9 Å². The molecule has 0 aliphatic carbocycles. The van der Waals surface area contributed by atoms with E-state index in [-0.39, 0.29) is 11.3 Å². The molecule has 1 atom stereocenters. The SMILES string of the molecule is CN(CC(C)(C)C)c1cc2c(cc1Br)C(O)C(=O)N2. The maximum atomic E-state index is 11.5. The second-order valence-electron chi connectivity index (χ2n) is 6.20. The Balaban J connectivity index is 2.34. The average Bonchev–Trinajstić information content (AvgIpc) is 2.52. The van der Waals surface area contributed by atoms with E-state index in [2.05, 4.69) is 46.9 Å². The molecule has 19 heavy (non-hydrogen) atoms. The standard InChI is InChI=1S/C14H19BrN2O2/c1-14(2,3)7-17(4)11-6-10-8(5-9(11)15)12(18)13(19)16-10/h5-6,12,18H,7H2,1-4H3,(H,16,19). The Morgan fingerprint density at radius 3 is 2.63 bits per heavy atom. The van der Waals surface area contributed by atoms with Gasteiger partial charge in [-0.05, 0) is 33.5 Å². The van der Waals surface area contributed by atoms with Crippen LogP contribution in [0.2, 0.25) is 0 Å².